The lowest BCUT2D eigenvalue weighted by Crippen LogP contribution is -2.47. The Morgan fingerprint density at radius 2 is 1.77 bits per heavy atom. The third-order valence-electron chi connectivity index (χ3n) is 7.06. The van der Waals surface area contributed by atoms with Gasteiger partial charge in [-0.3, -0.25) is 4.79 Å². The Kier molecular flexibility index (Phi) is 7.86. The third-order valence-corrected chi connectivity index (χ3v) is 7.06. The molecule has 2 aromatic carbocycles. The lowest BCUT2D eigenvalue weighted by atomic mass is 10.1. The van der Waals surface area contributed by atoms with Crippen molar-refractivity contribution >= 4 is 11.7 Å². The monoisotopic (exact) mass is 477 g/mol. The summed E-state index contributed by atoms with van der Waals surface area (Å²) in [6.45, 7) is 13.5. The topological polar surface area (TPSA) is 44.6 Å². The standard InChI is InChI=1S/C28H36FN5O/c1-5-21(3)33(28(35)23-11-8-7-9-12-23)20-26-22(4)30-34(25-14-10-13-24(29)19-25)27(26)32-17-15-31(6-2)16-18-32/h7-14,19,21H,5-6,15-18,20H2,1-4H3. The highest BCUT2D eigenvalue weighted by atomic mass is 19.1. The van der Waals surface area contributed by atoms with E-state index in [9.17, 15) is 9.18 Å². The zero-order valence-corrected chi connectivity index (χ0v) is 21.2. The van der Waals surface area contributed by atoms with Crippen LogP contribution in [0.1, 0.15) is 48.8 Å². The van der Waals surface area contributed by atoms with Gasteiger partial charge in [0.15, 0.2) is 0 Å². The van der Waals surface area contributed by atoms with Gasteiger partial charge in [-0.15, -0.1) is 0 Å². The second kappa shape index (κ2) is 11.0. The number of carbonyl (C=O) groups excluding carboxylic acids is 1. The summed E-state index contributed by atoms with van der Waals surface area (Å²) in [6.07, 6.45) is 0.847. The van der Waals surface area contributed by atoms with Crippen LogP contribution in [-0.4, -0.2) is 64.3 Å². The number of hydrogen-bond donors (Lipinski definition) is 0. The number of anilines is 1. The molecule has 0 aliphatic carbocycles. The fourth-order valence-corrected chi connectivity index (χ4v) is 4.69. The lowest BCUT2D eigenvalue weighted by Gasteiger charge is -2.37. The van der Waals surface area contributed by atoms with Crippen LogP contribution in [0.5, 0.6) is 0 Å². The van der Waals surface area contributed by atoms with Crippen LogP contribution in [0.2, 0.25) is 0 Å². The predicted molar refractivity (Wildman–Crippen MR) is 139 cm³/mol. The van der Waals surface area contributed by atoms with E-state index in [4.69, 9.17) is 5.10 Å². The van der Waals surface area contributed by atoms with E-state index in [0.29, 0.717) is 17.8 Å². The average Bonchev–Trinajstić information content (AvgIpc) is 3.22. The van der Waals surface area contributed by atoms with E-state index in [1.54, 1.807) is 6.07 Å². The van der Waals surface area contributed by atoms with Gasteiger partial charge in [-0.05, 0) is 57.1 Å². The zero-order valence-electron chi connectivity index (χ0n) is 21.2. The number of halogens is 1. The molecule has 6 nitrogen and oxygen atoms in total. The van der Waals surface area contributed by atoms with Crippen molar-refractivity contribution in [2.24, 2.45) is 0 Å². The van der Waals surface area contributed by atoms with Crippen LogP contribution >= 0.6 is 0 Å². The van der Waals surface area contributed by atoms with Gasteiger partial charge in [-0.2, -0.15) is 5.10 Å². The van der Waals surface area contributed by atoms with Crippen LogP contribution < -0.4 is 4.90 Å². The highest BCUT2D eigenvalue weighted by molar-refractivity contribution is 5.94. The van der Waals surface area contributed by atoms with Gasteiger partial charge in [-0.1, -0.05) is 38.1 Å². The number of amides is 1. The molecule has 186 valence electrons. The molecule has 0 spiro atoms. The first-order chi connectivity index (χ1) is 16.9. The Balaban J connectivity index is 1.77. The molecule has 7 heteroatoms. The van der Waals surface area contributed by atoms with Crippen molar-refractivity contribution in [3.05, 3.63) is 77.2 Å². The summed E-state index contributed by atoms with van der Waals surface area (Å²) in [5.41, 5.74) is 3.25. The van der Waals surface area contributed by atoms with E-state index in [-0.39, 0.29) is 17.8 Å². The molecule has 1 aromatic heterocycles. The molecule has 1 saturated heterocycles. The summed E-state index contributed by atoms with van der Waals surface area (Å²) in [5.74, 6) is 0.678. The van der Waals surface area contributed by atoms with E-state index in [0.717, 1.165) is 56.2 Å². The van der Waals surface area contributed by atoms with Gasteiger partial charge in [0.1, 0.15) is 11.6 Å². The number of piperazine rings is 1. The largest absolute Gasteiger partial charge is 0.354 e. The summed E-state index contributed by atoms with van der Waals surface area (Å²) < 4.78 is 16.0. The van der Waals surface area contributed by atoms with Crippen molar-refractivity contribution in [2.75, 3.05) is 37.6 Å². The fraction of sp³-hybridized carbons (Fsp3) is 0.429. The number of benzene rings is 2. The van der Waals surface area contributed by atoms with Crippen molar-refractivity contribution in [2.45, 2.75) is 46.7 Å². The van der Waals surface area contributed by atoms with Crippen molar-refractivity contribution in [1.29, 1.82) is 0 Å². The molecule has 35 heavy (non-hydrogen) atoms. The highest BCUT2D eigenvalue weighted by Gasteiger charge is 2.29. The second-order valence-corrected chi connectivity index (χ2v) is 9.26. The van der Waals surface area contributed by atoms with E-state index < -0.39 is 0 Å². The molecule has 0 radical (unpaired) electrons. The van der Waals surface area contributed by atoms with Crippen molar-refractivity contribution in [3.8, 4) is 5.69 Å². The summed E-state index contributed by atoms with van der Waals surface area (Å²) in [5, 5.41) is 4.86. The molecule has 0 N–H and O–H groups in total. The van der Waals surface area contributed by atoms with Crippen LogP contribution in [0, 0.1) is 12.7 Å². The quantitative estimate of drug-likeness (QED) is 0.463. The smallest absolute Gasteiger partial charge is 0.254 e. The van der Waals surface area contributed by atoms with E-state index in [1.165, 1.54) is 12.1 Å². The maximum atomic E-state index is 14.2. The first kappa shape index (κ1) is 24.9. The molecule has 0 saturated carbocycles. The number of carbonyl (C=O) groups is 1. The highest BCUT2D eigenvalue weighted by Crippen LogP contribution is 2.31. The number of hydrogen-bond acceptors (Lipinski definition) is 4. The molecule has 0 bridgehead atoms. The Bertz CT molecular complexity index is 1140. The minimum Gasteiger partial charge on any atom is -0.354 e. The Morgan fingerprint density at radius 3 is 2.40 bits per heavy atom. The van der Waals surface area contributed by atoms with E-state index in [1.807, 2.05) is 52.9 Å². The first-order valence-electron chi connectivity index (χ1n) is 12.6. The molecule has 4 rings (SSSR count). The molecular weight excluding hydrogens is 441 g/mol. The average molecular weight is 478 g/mol. The molecule has 1 atom stereocenters. The summed E-state index contributed by atoms with van der Waals surface area (Å²) in [7, 11) is 0. The SMILES string of the molecule is CCC(C)N(Cc1c(C)nn(-c2cccc(F)c2)c1N1CCN(CC)CC1)C(=O)c1ccccc1. The van der Waals surface area contributed by atoms with Crippen LogP contribution in [0.15, 0.2) is 54.6 Å². The van der Waals surface area contributed by atoms with Gasteiger partial charge in [0.05, 0.1) is 17.9 Å². The van der Waals surface area contributed by atoms with Crippen molar-refractivity contribution < 1.29 is 9.18 Å². The Hall–Kier alpha value is -3.19. The number of aromatic nitrogens is 2. The predicted octanol–water partition coefficient (Wildman–Crippen LogP) is 4.90. The van der Waals surface area contributed by atoms with Gasteiger partial charge in [0, 0.05) is 43.3 Å². The Labute approximate surface area is 207 Å². The number of likely N-dealkylation sites (N-methyl/N-ethyl adjacent to an activating group) is 1. The molecule has 2 heterocycles. The summed E-state index contributed by atoms with van der Waals surface area (Å²) in [4.78, 5) is 20.3. The molecule has 1 aliphatic heterocycles. The first-order valence-corrected chi connectivity index (χ1v) is 12.6. The molecule has 1 amide bonds. The normalized spacial score (nSPS) is 15.3. The number of rotatable bonds is 8. The molecular formula is C28H36FN5O. The minimum absolute atomic E-state index is 0.0135. The van der Waals surface area contributed by atoms with Crippen molar-refractivity contribution in [1.82, 2.24) is 19.6 Å². The maximum Gasteiger partial charge on any atom is 0.254 e. The fourth-order valence-electron chi connectivity index (χ4n) is 4.69. The Morgan fingerprint density at radius 1 is 1.06 bits per heavy atom. The lowest BCUT2D eigenvalue weighted by molar-refractivity contribution is 0.0671. The van der Waals surface area contributed by atoms with Gasteiger partial charge in [0.2, 0.25) is 0 Å². The maximum absolute atomic E-state index is 14.2. The van der Waals surface area contributed by atoms with Gasteiger partial charge in [-0.25, -0.2) is 9.07 Å². The van der Waals surface area contributed by atoms with Gasteiger partial charge < -0.3 is 14.7 Å². The van der Waals surface area contributed by atoms with Crippen LogP contribution in [0.4, 0.5) is 10.2 Å². The van der Waals surface area contributed by atoms with E-state index >= 15 is 0 Å². The van der Waals surface area contributed by atoms with Gasteiger partial charge >= 0.3 is 0 Å². The summed E-state index contributed by atoms with van der Waals surface area (Å²) in [6, 6.07) is 16.1. The molecule has 3 aromatic rings. The summed E-state index contributed by atoms with van der Waals surface area (Å²) >= 11 is 0. The minimum atomic E-state index is -0.292. The van der Waals surface area contributed by atoms with Crippen LogP contribution in [-0.2, 0) is 6.54 Å². The molecule has 1 fully saturated rings. The van der Waals surface area contributed by atoms with E-state index in [2.05, 4.69) is 30.6 Å². The molecule has 1 aliphatic rings. The second-order valence-electron chi connectivity index (χ2n) is 9.26. The van der Waals surface area contributed by atoms with Crippen LogP contribution in [0.3, 0.4) is 0 Å². The van der Waals surface area contributed by atoms with Gasteiger partial charge in [0.25, 0.3) is 5.91 Å². The molecule has 1 unspecified atom stereocenters. The van der Waals surface area contributed by atoms with Crippen LogP contribution in [0.25, 0.3) is 5.69 Å². The number of aryl methyl sites for hydroxylation is 1. The zero-order chi connectivity index (χ0) is 24.9. The van der Waals surface area contributed by atoms with Crippen molar-refractivity contribution in [3.63, 3.8) is 0 Å². The third kappa shape index (κ3) is 5.40. The number of nitrogens with zero attached hydrogens (tertiary/aromatic N) is 5.